The summed E-state index contributed by atoms with van der Waals surface area (Å²) in [5.41, 5.74) is 2.22. The Kier molecular flexibility index (Phi) is 6.00. The van der Waals surface area contributed by atoms with Gasteiger partial charge in [-0.05, 0) is 49.6 Å². The van der Waals surface area contributed by atoms with Crippen molar-refractivity contribution in [1.82, 2.24) is 15.3 Å². The predicted octanol–water partition coefficient (Wildman–Crippen LogP) is 2.97. The van der Waals surface area contributed by atoms with E-state index >= 15 is 0 Å². The van der Waals surface area contributed by atoms with Crippen LogP contribution in [0.15, 0.2) is 0 Å². The van der Waals surface area contributed by atoms with E-state index in [1.54, 1.807) is 7.05 Å². The number of fused-ring (bicyclic) bond motifs is 1. The number of halogens is 1. The number of aromatic nitrogens is 2. The standard InChI is InChI=1S/C16H25ClN4O/c1-10(2)8-11(9-14(22)18-3)19-15-12-6-4-5-7-13(12)20-16(17)21-15/h10-11H,4-9H2,1-3H3,(H,18,22)(H,19,20,21)/t11-/m0/s1. The molecule has 5 nitrogen and oxygen atoms in total. The molecule has 0 spiro atoms. The second-order valence-corrected chi connectivity index (χ2v) is 6.66. The maximum Gasteiger partial charge on any atom is 0.224 e. The summed E-state index contributed by atoms with van der Waals surface area (Å²) in [4.78, 5) is 20.5. The van der Waals surface area contributed by atoms with Crippen LogP contribution in [-0.4, -0.2) is 29.0 Å². The Bertz CT molecular complexity index is 533. The van der Waals surface area contributed by atoms with E-state index in [9.17, 15) is 4.79 Å². The summed E-state index contributed by atoms with van der Waals surface area (Å²) in [6, 6.07) is 0.0527. The van der Waals surface area contributed by atoms with Gasteiger partial charge >= 0.3 is 0 Å². The lowest BCUT2D eigenvalue weighted by molar-refractivity contribution is -0.120. The van der Waals surface area contributed by atoms with Crippen LogP contribution in [0.3, 0.4) is 0 Å². The number of carbonyl (C=O) groups is 1. The van der Waals surface area contributed by atoms with E-state index < -0.39 is 0 Å². The zero-order valence-electron chi connectivity index (χ0n) is 13.6. The third-order valence-corrected chi connectivity index (χ3v) is 4.13. The van der Waals surface area contributed by atoms with Gasteiger partial charge < -0.3 is 10.6 Å². The molecular formula is C16H25ClN4O. The van der Waals surface area contributed by atoms with Crippen molar-refractivity contribution in [2.75, 3.05) is 12.4 Å². The third kappa shape index (κ3) is 4.57. The minimum absolute atomic E-state index is 0.0344. The maximum absolute atomic E-state index is 11.7. The summed E-state index contributed by atoms with van der Waals surface area (Å²) in [5, 5.41) is 6.42. The number of carbonyl (C=O) groups excluding carboxylic acids is 1. The van der Waals surface area contributed by atoms with Gasteiger partial charge in [-0.15, -0.1) is 0 Å². The van der Waals surface area contributed by atoms with E-state index in [2.05, 4.69) is 34.4 Å². The molecule has 0 bridgehead atoms. The number of rotatable bonds is 6. The quantitative estimate of drug-likeness (QED) is 0.789. The summed E-state index contributed by atoms with van der Waals surface area (Å²) >= 11 is 6.06. The highest BCUT2D eigenvalue weighted by molar-refractivity contribution is 6.28. The summed E-state index contributed by atoms with van der Waals surface area (Å²) in [6.45, 7) is 4.31. The first-order chi connectivity index (χ1) is 10.5. The van der Waals surface area contributed by atoms with Crippen molar-refractivity contribution < 1.29 is 4.79 Å². The Hall–Kier alpha value is -1.36. The highest BCUT2D eigenvalue weighted by atomic mass is 35.5. The van der Waals surface area contributed by atoms with Crippen LogP contribution in [0.25, 0.3) is 0 Å². The molecule has 6 heteroatoms. The number of nitrogens with zero attached hydrogens (tertiary/aromatic N) is 2. The van der Waals surface area contributed by atoms with Gasteiger partial charge in [-0.2, -0.15) is 0 Å². The SMILES string of the molecule is CNC(=O)C[C@H](CC(C)C)Nc1nc(Cl)nc2c1CCCC2. The minimum Gasteiger partial charge on any atom is -0.366 e. The van der Waals surface area contributed by atoms with Gasteiger partial charge in [0.1, 0.15) is 5.82 Å². The van der Waals surface area contributed by atoms with Gasteiger partial charge in [0.15, 0.2) is 0 Å². The van der Waals surface area contributed by atoms with Crippen LogP contribution in [0.5, 0.6) is 0 Å². The first-order valence-electron chi connectivity index (χ1n) is 8.02. The Morgan fingerprint density at radius 3 is 2.68 bits per heavy atom. The first kappa shape index (κ1) is 17.0. The molecule has 0 aromatic carbocycles. The van der Waals surface area contributed by atoms with Crippen LogP contribution in [0.1, 0.15) is 50.8 Å². The molecule has 122 valence electrons. The first-order valence-corrected chi connectivity index (χ1v) is 8.39. The zero-order valence-corrected chi connectivity index (χ0v) is 14.3. The lowest BCUT2D eigenvalue weighted by Crippen LogP contribution is -2.31. The molecule has 0 saturated heterocycles. The van der Waals surface area contributed by atoms with Crippen molar-refractivity contribution in [2.45, 2.75) is 58.4 Å². The molecular weight excluding hydrogens is 300 g/mol. The Labute approximate surface area is 137 Å². The molecule has 1 aromatic rings. The molecule has 0 radical (unpaired) electrons. The zero-order chi connectivity index (χ0) is 16.1. The van der Waals surface area contributed by atoms with Gasteiger partial charge in [0.2, 0.25) is 11.2 Å². The molecule has 0 aliphatic heterocycles. The highest BCUT2D eigenvalue weighted by Crippen LogP contribution is 2.28. The molecule has 1 aromatic heterocycles. The van der Waals surface area contributed by atoms with E-state index in [-0.39, 0.29) is 17.2 Å². The van der Waals surface area contributed by atoms with Crippen molar-refractivity contribution in [3.63, 3.8) is 0 Å². The van der Waals surface area contributed by atoms with E-state index in [0.29, 0.717) is 12.3 Å². The smallest absolute Gasteiger partial charge is 0.224 e. The Morgan fingerprint density at radius 2 is 2.00 bits per heavy atom. The average molecular weight is 325 g/mol. The summed E-state index contributed by atoms with van der Waals surface area (Å²) in [7, 11) is 1.66. The average Bonchev–Trinajstić information content (AvgIpc) is 2.46. The normalized spacial score (nSPS) is 15.3. The second-order valence-electron chi connectivity index (χ2n) is 6.32. The molecule has 0 fully saturated rings. The predicted molar refractivity (Wildman–Crippen MR) is 89.2 cm³/mol. The Balaban J connectivity index is 2.21. The number of amides is 1. The molecule has 1 aliphatic rings. The maximum atomic E-state index is 11.7. The number of anilines is 1. The number of hydrogen-bond acceptors (Lipinski definition) is 4. The van der Waals surface area contributed by atoms with Crippen molar-refractivity contribution in [3.8, 4) is 0 Å². The number of nitrogens with one attached hydrogen (secondary N) is 2. The van der Waals surface area contributed by atoms with Gasteiger partial charge in [0, 0.05) is 25.1 Å². The van der Waals surface area contributed by atoms with E-state index in [1.807, 2.05) is 0 Å². The van der Waals surface area contributed by atoms with E-state index in [0.717, 1.165) is 43.6 Å². The molecule has 0 unspecified atom stereocenters. The lowest BCUT2D eigenvalue weighted by atomic mass is 9.95. The van der Waals surface area contributed by atoms with Gasteiger partial charge in [0.05, 0.1) is 5.69 Å². The summed E-state index contributed by atoms with van der Waals surface area (Å²) in [5.74, 6) is 1.34. The number of aryl methyl sites for hydroxylation is 1. The lowest BCUT2D eigenvalue weighted by Gasteiger charge is -2.24. The summed E-state index contributed by atoms with van der Waals surface area (Å²) in [6.07, 6.45) is 5.57. The largest absolute Gasteiger partial charge is 0.366 e. The van der Waals surface area contributed by atoms with Gasteiger partial charge in [-0.1, -0.05) is 13.8 Å². The minimum atomic E-state index is 0.0344. The molecule has 0 saturated carbocycles. The molecule has 1 aliphatic carbocycles. The summed E-state index contributed by atoms with van der Waals surface area (Å²) < 4.78 is 0. The van der Waals surface area contributed by atoms with Gasteiger partial charge in [-0.3, -0.25) is 4.79 Å². The number of hydrogen-bond donors (Lipinski definition) is 2. The van der Waals surface area contributed by atoms with Crippen molar-refractivity contribution in [3.05, 3.63) is 16.5 Å². The fourth-order valence-electron chi connectivity index (χ4n) is 2.96. The van der Waals surface area contributed by atoms with Crippen LogP contribution in [0.2, 0.25) is 5.28 Å². The monoisotopic (exact) mass is 324 g/mol. The molecule has 1 amide bonds. The van der Waals surface area contributed by atoms with Crippen molar-refractivity contribution in [1.29, 1.82) is 0 Å². The van der Waals surface area contributed by atoms with Gasteiger partial charge in [-0.25, -0.2) is 9.97 Å². The van der Waals surface area contributed by atoms with Crippen LogP contribution < -0.4 is 10.6 Å². The third-order valence-electron chi connectivity index (χ3n) is 3.96. The molecule has 1 atom stereocenters. The topological polar surface area (TPSA) is 66.9 Å². The Morgan fingerprint density at radius 1 is 1.27 bits per heavy atom. The fourth-order valence-corrected chi connectivity index (χ4v) is 3.15. The van der Waals surface area contributed by atoms with E-state index in [4.69, 9.17) is 11.6 Å². The van der Waals surface area contributed by atoms with Crippen molar-refractivity contribution in [2.24, 2.45) is 5.92 Å². The molecule has 1 heterocycles. The molecule has 2 rings (SSSR count). The molecule has 22 heavy (non-hydrogen) atoms. The van der Waals surface area contributed by atoms with Crippen molar-refractivity contribution >= 4 is 23.3 Å². The highest BCUT2D eigenvalue weighted by Gasteiger charge is 2.21. The van der Waals surface area contributed by atoms with Crippen LogP contribution in [0, 0.1) is 5.92 Å². The van der Waals surface area contributed by atoms with Crippen LogP contribution in [-0.2, 0) is 17.6 Å². The van der Waals surface area contributed by atoms with Gasteiger partial charge in [0.25, 0.3) is 0 Å². The van der Waals surface area contributed by atoms with E-state index in [1.165, 1.54) is 5.56 Å². The molecule has 2 N–H and O–H groups in total. The van der Waals surface area contributed by atoms with Crippen LogP contribution >= 0.6 is 11.6 Å². The second kappa shape index (κ2) is 7.77. The van der Waals surface area contributed by atoms with Crippen LogP contribution in [0.4, 0.5) is 5.82 Å². The fraction of sp³-hybridized carbons (Fsp3) is 0.688.